The minimum Gasteiger partial charge on any atom is -0.454 e. The zero-order valence-electron chi connectivity index (χ0n) is 17.3. The van der Waals surface area contributed by atoms with E-state index in [1.807, 2.05) is 0 Å². The molecular formula is C23H17ClF5NO3. The van der Waals surface area contributed by atoms with Gasteiger partial charge in [-0.3, -0.25) is 4.79 Å². The number of allylic oxidation sites excluding steroid dienone is 2. The highest BCUT2D eigenvalue weighted by Gasteiger charge is 2.62. The van der Waals surface area contributed by atoms with E-state index in [0.29, 0.717) is 0 Å². The van der Waals surface area contributed by atoms with Crippen LogP contribution in [0.3, 0.4) is 0 Å². The maximum absolute atomic E-state index is 14.2. The van der Waals surface area contributed by atoms with Crippen LogP contribution in [0.25, 0.3) is 0 Å². The van der Waals surface area contributed by atoms with Gasteiger partial charge in [0.05, 0.1) is 5.92 Å². The summed E-state index contributed by atoms with van der Waals surface area (Å²) in [6, 6.07) is 10.0. The van der Waals surface area contributed by atoms with Gasteiger partial charge in [0.15, 0.2) is 11.6 Å². The number of hydrogen-bond acceptors (Lipinski definition) is 4. The van der Waals surface area contributed by atoms with Crippen LogP contribution in [0.5, 0.6) is 11.5 Å². The van der Waals surface area contributed by atoms with Crippen molar-refractivity contribution in [1.82, 2.24) is 0 Å². The van der Waals surface area contributed by atoms with E-state index in [4.69, 9.17) is 21.1 Å². The summed E-state index contributed by atoms with van der Waals surface area (Å²) in [5.74, 6) is -4.41. The van der Waals surface area contributed by atoms with E-state index in [0.717, 1.165) is 24.3 Å². The molecule has 1 fully saturated rings. The molecule has 0 spiro atoms. The molecule has 0 aromatic heterocycles. The molecular weight excluding hydrogens is 469 g/mol. The first-order valence-corrected chi connectivity index (χ1v) is 10.00. The molecule has 1 aliphatic rings. The maximum Gasteiger partial charge on any atom is 0.426 e. The number of benzene rings is 2. The lowest BCUT2D eigenvalue weighted by molar-refractivity contribution is -0.149. The predicted molar refractivity (Wildman–Crippen MR) is 108 cm³/mol. The van der Waals surface area contributed by atoms with Gasteiger partial charge in [-0.1, -0.05) is 43.7 Å². The fourth-order valence-corrected chi connectivity index (χ4v) is 3.60. The highest BCUT2D eigenvalue weighted by atomic mass is 35.5. The normalized spacial score (nSPS) is 20.5. The maximum atomic E-state index is 14.2. The Labute approximate surface area is 191 Å². The number of ether oxygens (including phenoxy) is 2. The summed E-state index contributed by atoms with van der Waals surface area (Å²) in [6.07, 6.45) is -5.46. The molecule has 0 saturated heterocycles. The molecule has 3 unspecified atom stereocenters. The molecule has 0 aliphatic heterocycles. The molecule has 4 nitrogen and oxygen atoms in total. The molecule has 3 atom stereocenters. The van der Waals surface area contributed by atoms with Gasteiger partial charge in [0.25, 0.3) is 0 Å². The minimum atomic E-state index is -4.74. The van der Waals surface area contributed by atoms with Crippen LogP contribution in [-0.2, 0) is 9.53 Å². The lowest BCUT2D eigenvalue weighted by Gasteiger charge is -2.14. The fraction of sp³-hybridized carbons (Fsp3) is 0.304. The van der Waals surface area contributed by atoms with E-state index < -0.39 is 52.2 Å². The highest BCUT2D eigenvalue weighted by molar-refractivity contribution is 6.30. The average molecular weight is 486 g/mol. The van der Waals surface area contributed by atoms with Crippen molar-refractivity contribution in [2.24, 2.45) is 17.3 Å². The molecule has 2 aromatic rings. The Morgan fingerprint density at radius 3 is 2.52 bits per heavy atom. The van der Waals surface area contributed by atoms with Crippen molar-refractivity contribution in [3.63, 3.8) is 0 Å². The van der Waals surface area contributed by atoms with E-state index in [9.17, 15) is 32.0 Å². The molecule has 33 heavy (non-hydrogen) atoms. The van der Waals surface area contributed by atoms with E-state index in [-0.39, 0.29) is 17.1 Å². The third-order valence-corrected chi connectivity index (χ3v) is 5.73. The predicted octanol–water partition coefficient (Wildman–Crippen LogP) is 6.82. The van der Waals surface area contributed by atoms with E-state index >= 15 is 0 Å². The first-order chi connectivity index (χ1) is 15.3. The third-order valence-electron chi connectivity index (χ3n) is 5.39. The summed E-state index contributed by atoms with van der Waals surface area (Å²) in [6.45, 7) is 3.15. The van der Waals surface area contributed by atoms with Gasteiger partial charge in [0, 0.05) is 11.6 Å². The number of nitrogens with zero attached hydrogens (tertiary/aromatic N) is 1. The zero-order chi connectivity index (χ0) is 24.6. The van der Waals surface area contributed by atoms with Crippen molar-refractivity contribution in [1.29, 1.82) is 5.26 Å². The van der Waals surface area contributed by atoms with Crippen molar-refractivity contribution >= 4 is 17.6 Å². The quantitative estimate of drug-likeness (QED) is 0.332. The number of halogens is 6. The number of carbonyl (C=O) groups excluding carboxylic acids is 1. The van der Waals surface area contributed by atoms with E-state index in [1.165, 1.54) is 24.3 Å². The Morgan fingerprint density at radius 1 is 1.21 bits per heavy atom. The molecule has 3 rings (SSSR count). The number of nitriles is 1. The molecule has 0 amide bonds. The number of alkyl halides is 3. The molecule has 1 saturated carbocycles. The first kappa shape index (κ1) is 24.5. The van der Waals surface area contributed by atoms with Gasteiger partial charge in [0.2, 0.25) is 6.10 Å². The van der Waals surface area contributed by atoms with Gasteiger partial charge in [-0.2, -0.15) is 18.4 Å². The van der Waals surface area contributed by atoms with E-state index in [2.05, 4.69) is 0 Å². The molecule has 2 aromatic carbocycles. The molecule has 174 valence electrons. The first-order valence-electron chi connectivity index (χ1n) is 9.62. The van der Waals surface area contributed by atoms with Gasteiger partial charge in [-0.05, 0) is 35.6 Å². The monoisotopic (exact) mass is 485 g/mol. The molecule has 1 aliphatic carbocycles. The zero-order valence-corrected chi connectivity index (χ0v) is 18.0. The summed E-state index contributed by atoms with van der Waals surface area (Å²) >= 11 is 5.29. The molecule has 0 heterocycles. The summed E-state index contributed by atoms with van der Waals surface area (Å²) in [4.78, 5) is 12.6. The van der Waals surface area contributed by atoms with Crippen LogP contribution in [-0.4, -0.2) is 12.1 Å². The van der Waals surface area contributed by atoms with Crippen molar-refractivity contribution in [2.45, 2.75) is 26.1 Å². The van der Waals surface area contributed by atoms with Crippen LogP contribution in [0.2, 0.25) is 0 Å². The number of esters is 1. The van der Waals surface area contributed by atoms with Gasteiger partial charge >= 0.3 is 12.1 Å². The second kappa shape index (κ2) is 9.02. The topological polar surface area (TPSA) is 59.3 Å². The molecule has 0 N–H and O–H groups in total. The van der Waals surface area contributed by atoms with Gasteiger partial charge in [-0.25, -0.2) is 8.78 Å². The molecule has 10 heteroatoms. The largest absolute Gasteiger partial charge is 0.454 e. The minimum absolute atomic E-state index is 0.00690. The average Bonchev–Trinajstić information content (AvgIpc) is 3.27. The van der Waals surface area contributed by atoms with Gasteiger partial charge in [0.1, 0.15) is 22.7 Å². The second-order valence-electron chi connectivity index (χ2n) is 8.03. The Hall–Kier alpha value is -3.12. The summed E-state index contributed by atoms with van der Waals surface area (Å²) in [5, 5.41) is 8.13. The van der Waals surface area contributed by atoms with Crippen LogP contribution in [0.15, 0.2) is 53.6 Å². The standard InChI is InChI=1S/C23H17ClF5NO3/c1-22(2)15(10-19(24)23(27,28)29)20(22)21(31)33-18(11-30)12-6-7-16(26)17(8-12)32-14-5-3-4-13(25)9-14/h3-10,15,18,20H,1-2H3. The third kappa shape index (κ3) is 5.45. The van der Waals surface area contributed by atoms with Crippen molar-refractivity contribution in [3.05, 3.63) is 70.8 Å². The molecule has 0 bridgehead atoms. The molecule has 0 radical (unpaired) electrons. The summed E-state index contributed by atoms with van der Waals surface area (Å²) in [7, 11) is 0. The van der Waals surface area contributed by atoms with Crippen molar-refractivity contribution < 1.29 is 36.2 Å². The van der Waals surface area contributed by atoms with Crippen LogP contribution < -0.4 is 4.74 Å². The van der Waals surface area contributed by atoms with Crippen LogP contribution in [0.1, 0.15) is 25.5 Å². The summed E-state index contributed by atoms with van der Waals surface area (Å²) < 4.78 is 76.2. The lowest BCUT2D eigenvalue weighted by atomic mass is 10.1. The Kier molecular flexibility index (Phi) is 6.70. The summed E-state index contributed by atoms with van der Waals surface area (Å²) in [5.41, 5.74) is -0.797. The number of hydrogen-bond donors (Lipinski definition) is 0. The Bertz CT molecular complexity index is 1140. The Morgan fingerprint density at radius 2 is 1.91 bits per heavy atom. The van der Waals surface area contributed by atoms with Crippen molar-refractivity contribution in [2.75, 3.05) is 0 Å². The van der Waals surface area contributed by atoms with Crippen LogP contribution >= 0.6 is 11.6 Å². The smallest absolute Gasteiger partial charge is 0.426 e. The second-order valence-corrected chi connectivity index (χ2v) is 8.44. The fourth-order valence-electron chi connectivity index (χ4n) is 3.47. The Balaban J connectivity index is 1.77. The number of rotatable bonds is 6. The van der Waals surface area contributed by atoms with E-state index in [1.54, 1.807) is 19.9 Å². The SMILES string of the molecule is CC1(C)C(C=C(Cl)C(F)(F)F)C1C(=O)OC(C#N)c1ccc(F)c(Oc2cccc(F)c2)c1. The van der Waals surface area contributed by atoms with Crippen LogP contribution in [0.4, 0.5) is 22.0 Å². The number of carbonyl (C=O) groups is 1. The van der Waals surface area contributed by atoms with Gasteiger partial charge < -0.3 is 9.47 Å². The van der Waals surface area contributed by atoms with Gasteiger partial charge in [-0.15, -0.1) is 0 Å². The van der Waals surface area contributed by atoms with Crippen LogP contribution in [0, 0.1) is 40.2 Å². The van der Waals surface area contributed by atoms with Crippen molar-refractivity contribution in [3.8, 4) is 17.6 Å². The lowest BCUT2D eigenvalue weighted by Crippen LogP contribution is -2.15. The highest BCUT2D eigenvalue weighted by Crippen LogP contribution is 2.60.